The van der Waals surface area contributed by atoms with Crippen LogP contribution in [0.5, 0.6) is 0 Å². The molecule has 0 unspecified atom stereocenters. The van der Waals surface area contributed by atoms with Crippen molar-refractivity contribution in [3.8, 4) is 0 Å². The molecule has 1 atom stereocenters. The fraction of sp³-hybridized carbons (Fsp3) is 0.308. The lowest BCUT2D eigenvalue weighted by Crippen LogP contribution is -2.17. The summed E-state index contributed by atoms with van der Waals surface area (Å²) in [6, 6.07) is 10.7. The van der Waals surface area contributed by atoms with E-state index in [9.17, 15) is 0 Å². The Kier molecular flexibility index (Phi) is 4.27. The van der Waals surface area contributed by atoms with Gasteiger partial charge in [-0.1, -0.05) is 12.1 Å². The van der Waals surface area contributed by atoms with Crippen LogP contribution in [0.1, 0.15) is 18.2 Å². The van der Waals surface area contributed by atoms with Gasteiger partial charge in [-0.15, -0.1) is 12.4 Å². The maximum Gasteiger partial charge on any atom is 0.0705 e. The first-order valence-corrected chi connectivity index (χ1v) is 5.27. The van der Waals surface area contributed by atoms with Crippen LogP contribution >= 0.6 is 12.4 Å². The first kappa shape index (κ1) is 12.9. The number of halogens is 1. The van der Waals surface area contributed by atoms with Gasteiger partial charge in [0.2, 0.25) is 0 Å². The molecule has 2 N–H and O–H groups in total. The lowest BCUT2D eigenvalue weighted by Gasteiger charge is -2.06. The number of fused-ring (bicyclic) bond motifs is 1. The van der Waals surface area contributed by atoms with Gasteiger partial charge in [0, 0.05) is 17.1 Å². The van der Waals surface area contributed by atoms with E-state index in [4.69, 9.17) is 5.73 Å². The zero-order chi connectivity index (χ0) is 10.8. The van der Waals surface area contributed by atoms with Gasteiger partial charge in [0.05, 0.1) is 5.52 Å². The van der Waals surface area contributed by atoms with Crippen molar-refractivity contribution in [1.82, 2.24) is 4.98 Å². The molecule has 2 aromatic rings. The Balaban J connectivity index is 0.00000128. The van der Waals surface area contributed by atoms with Crippen molar-refractivity contribution in [2.75, 3.05) is 0 Å². The van der Waals surface area contributed by atoms with Crippen LogP contribution in [-0.4, -0.2) is 11.0 Å². The molecule has 86 valence electrons. The van der Waals surface area contributed by atoms with Gasteiger partial charge in [0.1, 0.15) is 0 Å². The number of aryl methyl sites for hydroxylation is 1. The molecule has 1 aromatic carbocycles. The van der Waals surface area contributed by atoms with Crippen molar-refractivity contribution in [2.24, 2.45) is 5.73 Å². The Hall–Kier alpha value is -1.12. The normalized spacial score (nSPS) is 12.2. The van der Waals surface area contributed by atoms with E-state index >= 15 is 0 Å². The van der Waals surface area contributed by atoms with Crippen LogP contribution in [0.4, 0.5) is 0 Å². The zero-order valence-electron chi connectivity index (χ0n) is 9.60. The third-order valence-electron chi connectivity index (χ3n) is 2.45. The van der Waals surface area contributed by atoms with Gasteiger partial charge < -0.3 is 5.73 Å². The van der Waals surface area contributed by atoms with Crippen LogP contribution in [0.15, 0.2) is 30.3 Å². The fourth-order valence-corrected chi connectivity index (χ4v) is 1.78. The van der Waals surface area contributed by atoms with E-state index in [0.717, 1.165) is 17.6 Å². The summed E-state index contributed by atoms with van der Waals surface area (Å²) in [7, 11) is 0. The second kappa shape index (κ2) is 5.28. The zero-order valence-corrected chi connectivity index (χ0v) is 10.4. The largest absolute Gasteiger partial charge is 0.328 e. The number of aromatic nitrogens is 1. The molecule has 0 aliphatic rings. The molecule has 0 aliphatic carbocycles. The molecule has 1 aromatic heterocycles. The molecule has 0 spiro atoms. The average Bonchev–Trinajstić information content (AvgIpc) is 2.17. The Labute approximate surface area is 102 Å². The topological polar surface area (TPSA) is 38.9 Å². The molecule has 0 amide bonds. The summed E-state index contributed by atoms with van der Waals surface area (Å²) in [6.45, 7) is 4.03. The highest BCUT2D eigenvalue weighted by atomic mass is 35.5. The molecule has 0 saturated carbocycles. The maximum absolute atomic E-state index is 5.78. The summed E-state index contributed by atoms with van der Waals surface area (Å²) in [5.74, 6) is 0. The van der Waals surface area contributed by atoms with Crippen LogP contribution in [-0.2, 0) is 6.42 Å². The van der Waals surface area contributed by atoms with Gasteiger partial charge in [-0.3, -0.25) is 4.98 Å². The fourth-order valence-electron chi connectivity index (χ4n) is 1.78. The SMILES string of the molecule is Cc1ccc2cc(C[C@@H](C)N)ccc2n1.Cl. The highest BCUT2D eigenvalue weighted by Gasteiger charge is 2.00. The molecule has 3 heteroatoms. The Morgan fingerprint density at radius 3 is 2.69 bits per heavy atom. The van der Waals surface area contributed by atoms with Crippen LogP contribution in [0.25, 0.3) is 10.9 Å². The molecule has 0 bridgehead atoms. The molecule has 0 saturated heterocycles. The maximum atomic E-state index is 5.78. The number of rotatable bonds is 2. The number of nitrogens with zero attached hydrogens (tertiary/aromatic N) is 1. The van der Waals surface area contributed by atoms with Crippen molar-refractivity contribution >= 4 is 23.3 Å². The number of benzene rings is 1. The van der Waals surface area contributed by atoms with Crippen molar-refractivity contribution in [3.63, 3.8) is 0 Å². The van der Waals surface area contributed by atoms with Crippen LogP contribution < -0.4 is 5.73 Å². The van der Waals surface area contributed by atoms with Gasteiger partial charge >= 0.3 is 0 Å². The van der Waals surface area contributed by atoms with Crippen LogP contribution in [0.2, 0.25) is 0 Å². The third-order valence-corrected chi connectivity index (χ3v) is 2.45. The summed E-state index contributed by atoms with van der Waals surface area (Å²) in [5.41, 5.74) is 9.17. The van der Waals surface area contributed by atoms with Crippen molar-refractivity contribution in [2.45, 2.75) is 26.3 Å². The second-order valence-corrected chi connectivity index (χ2v) is 4.16. The number of nitrogens with two attached hydrogens (primary N) is 1. The number of hydrogen-bond donors (Lipinski definition) is 1. The highest BCUT2D eigenvalue weighted by Crippen LogP contribution is 2.15. The second-order valence-electron chi connectivity index (χ2n) is 4.16. The minimum atomic E-state index is 0. The predicted molar refractivity (Wildman–Crippen MR) is 71.1 cm³/mol. The van der Waals surface area contributed by atoms with E-state index in [2.05, 4.69) is 29.2 Å². The van der Waals surface area contributed by atoms with Gasteiger partial charge in [-0.25, -0.2) is 0 Å². The van der Waals surface area contributed by atoms with E-state index < -0.39 is 0 Å². The summed E-state index contributed by atoms with van der Waals surface area (Å²) in [5, 5.41) is 1.19. The molecule has 0 radical (unpaired) electrons. The van der Waals surface area contributed by atoms with Gasteiger partial charge in [-0.2, -0.15) is 0 Å². The molecule has 0 aliphatic heterocycles. The monoisotopic (exact) mass is 236 g/mol. The Morgan fingerprint density at radius 2 is 2.00 bits per heavy atom. The van der Waals surface area contributed by atoms with Gasteiger partial charge in [-0.05, 0) is 44.0 Å². The highest BCUT2D eigenvalue weighted by molar-refractivity contribution is 5.85. The Morgan fingerprint density at radius 1 is 1.25 bits per heavy atom. The predicted octanol–water partition coefficient (Wildman–Crippen LogP) is 2.85. The number of pyridine rings is 1. The van der Waals surface area contributed by atoms with Crippen LogP contribution in [0.3, 0.4) is 0 Å². The molecule has 16 heavy (non-hydrogen) atoms. The van der Waals surface area contributed by atoms with E-state index in [1.807, 2.05) is 19.9 Å². The van der Waals surface area contributed by atoms with Crippen molar-refractivity contribution in [1.29, 1.82) is 0 Å². The molecule has 2 rings (SSSR count). The van der Waals surface area contributed by atoms with E-state index in [1.54, 1.807) is 0 Å². The third kappa shape index (κ3) is 2.94. The summed E-state index contributed by atoms with van der Waals surface area (Å²) in [4.78, 5) is 4.46. The smallest absolute Gasteiger partial charge is 0.0705 e. The molecule has 1 heterocycles. The van der Waals surface area contributed by atoms with Crippen LogP contribution in [0, 0.1) is 6.92 Å². The van der Waals surface area contributed by atoms with E-state index in [1.165, 1.54) is 10.9 Å². The quantitative estimate of drug-likeness (QED) is 0.871. The average molecular weight is 237 g/mol. The lowest BCUT2D eigenvalue weighted by molar-refractivity contribution is 0.739. The summed E-state index contributed by atoms with van der Waals surface area (Å²) < 4.78 is 0. The minimum absolute atomic E-state index is 0. The minimum Gasteiger partial charge on any atom is -0.328 e. The summed E-state index contributed by atoms with van der Waals surface area (Å²) >= 11 is 0. The molecule has 0 fully saturated rings. The van der Waals surface area contributed by atoms with E-state index in [-0.39, 0.29) is 18.4 Å². The molecule has 2 nitrogen and oxygen atoms in total. The van der Waals surface area contributed by atoms with Crippen molar-refractivity contribution < 1.29 is 0 Å². The van der Waals surface area contributed by atoms with Gasteiger partial charge in [0.15, 0.2) is 0 Å². The first-order valence-electron chi connectivity index (χ1n) is 5.27. The molecular formula is C13H17ClN2. The Bertz CT molecular complexity index is 480. The van der Waals surface area contributed by atoms with Gasteiger partial charge in [0.25, 0.3) is 0 Å². The lowest BCUT2D eigenvalue weighted by atomic mass is 10.0. The van der Waals surface area contributed by atoms with E-state index in [0.29, 0.717) is 0 Å². The molecular weight excluding hydrogens is 220 g/mol. The van der Waals surface area contributed by atoms with Crippen molar-refractivity contribution in [3.05, 3.63) is 41.6 Å². The summed E-state index contributed by atoms with van der Waals surface area (Å²) in [6.07, 6.45) is 0.920. The number of hydrogen-bond acceptors (Lipinski definition) is 2. The first-order chi connectivity index (χ1) is 7.15. The standard InChI is InChI=1S/C13H16N2.ClH/c1-9(14)7-11-4-6-13-12(8-11)5-3-10(2)15-13;/h3-6,8-9H,7,14H2,1-2H3;1H/t9-;/m1./s1.